The van der Waals surface area contributed by atoms with E-state index in [9.17, 15) is 4.79 Å². The molecule has 1 aromatic carbocycles. The highest BCUT2D eigenvalue weighted by atomic mass is 16.5. The van der Waals surface area contributed by atoms with Gasteiger partial charge in [0.05, 0.1) is 12.2 Å². The molecule has 0 N–H and O–H groups in total. The molecule has 21 heavy (non-hydrogen) atoms. The molecule has 1 amide bonds. The van der Waals surface area contributed by atoms with E-state index in [1.165, 1.54) is 0 Å². The zero-order valence-corrected chi connectivity index (χ0v) is 12.4. The van der Waals surface area contributed by atoms with E-state index in [2.05, 4.69) is 0 Å². The molecule has 0 spiro atoms. The fourth-order valence-electron chi connectivity index (χ4n) is 2.81. The highest BCUT2D eigenvalue weighted by Gasteiger charge is 2.26. The van der Waals surface area contributed by atoms with Gasteiger partial charge in [0.2, 0.25) is 0 Å². The van der Waals surface area contributed by atoms with Crippen molar-refractivity contribution >= 4 is 5.91 Å². The van der Waals surface area contributed by atoms with E-state index >= 15 is 0 Å². The van der Waals surface area contributed by atoms with Crippen LogP contribution >= 0.6 is 0 Å². The molecule has 2 aromatic rings. The van der Waals surface area contributed by atoms with Gasteiger partial charge >= 0.3 is 0 Å². The van der Waals surface area contributed by atoms with Gasteiger partial charge in [0, 0.05) is 36.7 Å². The maximum Gasteiger partial charge on any atom is 0.254 e. The lowest BCUT2D eigenvalue weighted by atomic mass is 10.1. The molecule has 110 valence electrons. The van der Waals surface area contributed by atoms with Gasteiger partial charge in [-0.05, 0) is 50.2 Å². The first-order valence-electron chi connectivity index (χ1n) is 7.31. The smallest absolute Gasteiger partial charge is 0.254 e. The molecule has 1 aliphatic rings. The van der Waals surface area contributed by atoms with Crippen LogP contribution in [0.15, 0.2) is 48.8 Å². The van der Waals surface area contributed by atoms with Crippen LogP contribution in [0, 0.1) is 0 Å². The molecule has 1 saturated heterocycles. The number of ether oxygens (including phenoxy) is 1. The minimum absolute atomic E-state index is 0.0797. The molecular weight excluding hydrogens is 264 g/mol. The number of hydrogen-bond donors (Lipinski definition) is 0. The van der Waals surface area contributed by atoms with E-state index in [0.717, 1.165) is 11.3 Å². The van der Waals surface area contributed by atoms with Crippen molar-refractivity contribution in [2.45, 2.75) is 26.1 Å². The van der Waals surface area contributed by atoms with Crippen LogP contribution in [0.3, 0.4) is 0 Å². The van der Waals surface area contributed by atoms with Crippen LogP contribution in [-0.2, 0) is 4.74 Å². The fraction of sp³-hybridized carbons (Fsp3) is 0.353. The fourth-order valence-corrected chi connectivity index (χ4v) is 2.81. The molecule has 0 radical (unpaired) electrons. The lowest BCUT2D eigenvalue weighted by Crippen LogP contribution is -2.48. The molecule has 0 aliphatic carbocycles. The number of benzene rings is 1. The Bertz CT molecular complexity index is 594. The SMILES string of the molecule is CC1CN(C(=O)c2ccc(-n3cccc3)cc2)CC(C)O1. The predicted molar refractivity (Wildman–Crippen MR) is 81.7 cm³/mol. The molecule has 4 heteroatoms. The minimum atomic E-state index is 0.0797. The molecule has 0 bridgehead atoms. The first-order chi connectivity index (χ1) is 10.1. The highest BCUT2D eigenvalue weighted by molar-refractivity contribution is 5.94. The molecule has 4 nitrogen and oxygen atoms in total. The molecule has 2 atom stereocenters. The Morgan fingerprint density at radius 2 is 1.62 bits per heavy atom. The maximum absolute atomic E-state index is 12.6. The van der Waals surface area contributed by atoms with E-state index in [0.29, 0.717) is 13.1 Å². The summed E-state index contributed by atoms with van der Waals surface area (Å²) in [5.41, 5.74) is 1.78. The van der Waals surface area contributed by atoms with Gasteiger partial charge in [-0.3, -0.25) is 4.79 Å². The van der Waals surface area contributed by atoms with Crippen molar-refractivity contribution in [1.29, 1.82) is 0 Å². The van der Waals surface area contributed by atoms with Crippen LogP contribution in [-0.4, -0.2) is 40.7 Å². The average Bonchev–Trinajstić information content (AvgIpc) is 3.00. The maximum atomic E-state index is 12.6. The van der Waals surface area contributed by atoms with Crippen molar-refractivity contribution in [2.75, 3.05) is 13.1 Å². The minimum Gasteiger partial charge on any atom is -0.372 e. The van der Waals surface area contributed by atoms with Crippen molar-refractivity contribution in [1.82, 2.24) is 9.47 Å². The number of carbonyl (C=O) groups excluding carboxylic acids is 1. The lowest BCUT2D eigenvalue weighted by Gasteiger charge is -2.35. The zero-order valence-electron chi connectivity index (χ0n) is 12.4. The Morgan fingerprint density at radius 1 is 1.05 bits per heavy atom. The molecule has 1 aromatic heterocycles. The summed E-state index contributed by atoms with van der Waals surface area (Å²) in [6, 6.07) is 11.7. The normalized spacial score (nSPS) is 22.3. The van der Waals surface area contributed by atoms with Gasteiger partial charge in [-0.1, -0.05) is 0 Å². The number of hydrogen-bond acceptors (Lipinski definition) is 2. The van der Waals surface area contributed by atoms with Crippen LogP contribution in [0.2, 0.25) is 0 Å². The van der Waals surface area contributed by atoms with Gasteiger partial charge < -0.3 is 14.2 Å². The Morgan fingerprint density at radius 3 is 2.19 bits per heavy atom. The molecule has 3 rings (SSSR count). The van der Waals surface area contributed by atoms with Crippen molar-refractivity contribution in [3.8, 4) is 5.69 Å². The molecule has 1 aliphatic heterocycles. The summed E-state index contributed by atoms with van der Waals surface area (Å²) >= 11 is 0. The van der Waals surface area contributed by atoms with Crippen LogP contribution in [0.5, 0.6) is 0 Å². The number of carbonyl (C=O) groups is 1. The second-order valence-corrected chi connectivity index (χ2v) is 5.60. The van der Waals surface area contributed by atoms with Crippen molar-refractivity contribution in [2.24, 2.45) is 0 Å². The van der Waals surface area contributed by atoms with Crippen molar-refractivity contribution < 1.29 is 9.53 Å². The molecular formula is C17H20N2O2. The third-order valence-electron chi connectivity index (χ3n) is 3.72. The number of amides is 1. The number of nitrogens with zero attached hydrogens (tertiary/aromatic N) is 2. The van der Waals surface area contributed by atoms with Crippen molar-refractivity contribution in [3.05, 3.63) is 54.4 Å². The molecule has 1 fully saturated rings. The van der Waals surface area contributed by atoms with E-state index < -0.39 is 0 Å². The monoisotopic (exact) mass is 284 g/mol. The van der Waals surface area contributed by atoms with E-state index in [-0.39, 0.29) is 18.1 Å². The highest BCUT2D eigenvalue weighted by Crippen LogP contribution is 2.16. The Kier molecular flexibility index (Phi) is 3.80. The molecule has 2 heterocycles. The summed E-state index contributed by atoms with van der Waals surface area (Å²) < 4.78 is 7.69. The van der Waals surface area contributed by atoms with E-state index in [1.807, 2.05) is 72.1 Å². The van der Waals surface area contributed by atoms with E-state index in [1.54, 1.807) is 0 Å². The quantitative estimate of drug-likeness (QED) is 0.850. The van der Waals surface area contributed by atoms with Crippen LogP contribution in [0.1, 0.15) is 24.2 Å². The Hall–Kier alpha value is -2.07. The first-order valence-corrected chi connectivity index (χ1v) is 7.31. The van der Waals surface area contributed by atoms with Gasteiger partial charge in [-0.2, -0.15) is 0 Å². The largest absolute Gasteiger partial charge is 0.372 e. The lowest BCUT2D eigenvalue weighted by molar-refractivity contribution is -0.0586. The summed E-state index contributed by atoms with van der Waals surface area (Å²) in [6.45, 7) is 5.32. The Labute approximate surface area is 124 Å². The number of rotatable bonds is 2. The Balaban J connectivity index is 1.76. The standard InChI is InChI=1S/C17H20N2O2/c1-13-11-19(12-14(2)21-13)17(20)15-5-7-16(8-6-15)18-9-3-4-10-18/h3-10,13-14H,11-12H2,1-2H3. The molecule has 0 saturated carbocycles. The average molecular weight is 284 g/mol. The zero-order chi connectivity index (χ0) is 14.8. The number of aromatic nitrogens is 1. The van der Waals surface area contributed by atoms with Gasteiger partial charge in [0.25, 0.3) is 5.91 Å². The second-order valence-electron chi connectivity index (χ2n) is 5.60. The summed E-state index contributed by atoms with van der Waals surface area (Å²) in [5, 5.41) is 0. The van der Waals surface area contributed by atoms with Crippen LogP contribution < -0.4 is 0 Å². The first kappa shape index (κ1) is 13.9. The van der Waals surface area contributed by atoms with Gasteiger partial charge in [0.15, 0.2) is 0 Å². The van der Waals surface area contributed by atoms with Gasteiger partial charge in [0.1, 0.15) is 0 Å². The third kappa shape index (κ3) is 3.00. The second kappa shape index (κ2) is 5.74. The summed E-state index contributed by atoms with van der Waals surface area (Å²) in [6.07, 6.45) is 4.17. The van der Waals surface area contributed by atoms with Gasteiger partial charge in [-0.15, -0.1) is 0 Å². The van der Waals surface area contributed by atoms with Crippen molar-refractivity contribution in [3.63, 3.8) is 0 Å². The summed E-state index contributed by atoms with van der Waals surface area (Å²) in [5.74, 6) is 0.0797. The predicted octanol–water partition coefficient (Wildman–Crippen LogP) is 2.73. The third-order valence-corrected chi connectivity index (χ3v) is 3.72. The number of morpholine rings is 1. The van der Waals surface area contributed by atoms with E-state index in [4.69, 9.17) is 4.74 Å². The van der Waals surface area contributed by atoms with Crippen LogP contribution in [0.25, 0.3) is 5.69 Å². The van der Waals surface area contributed by atoms with Gasteiger partial charge in [-0.25, -0.2) is 0 Å². The summed E-state index contributed by atoms with van der Waals surface area (Å²) in [7, 11) is 0. The summed E-state index contributed by atoms with van der Waals surface area (Å²) in [4.78, 5) is 14.4. The molecule has 2 unspecified atom stereocenters. The van der Waals surface area contributed by atoms with Crippen LogP contribution in [0.4, 0.5) is 0 Å². The topological polar surface area (TPSA) is 34.5 Å².